The molecule has 1 amide bonds. The summed E-state index contributed by atoms with van der Waals surface area (Å²) in [5, 5.41) is 12.3. The van der Waals surface area contributed by atoms with E-state index in [4.69, 9.17) is 10.8 Å². The van der Waals surface area contributed by atoms with Gasteiger partial charge in [-0.2, -0.15) is 11.3 Å². The van der Waals surface area contributed by atoms with Crippen LogP contribution in [-0.2, 0) is 9.59 Å². The average Bonchev–Trinajstić information content (AvgIpc) is 2.50. The zero-order valence-corrected chi connectivity index (χ0v) is 7.58. The van der Waals surface area contributed by atoms with Crippen LogP contribution in [0.2, 0.25) is 0 Å². The van der Waals surface area contributed by atoms with Crippen molar-refractivity contribution in [3.8, 4) is 0 Å². The Hall–Kier alpha value is -1.36. The number of nitrogens with two attached hydrogens (primary N) is 1. The molecule has 0 aliphatic heterocycles. The minimum absolute atomic E-state index is 0.147. The SMILES string of the molecule is NC(=O)C[C@@H](C(=O)O)c1ccsc1. The van der Waals surface area contributed by atoms with Crippen LogP contribution in [0.25, 0.3) is 0 Å². The quantitative estimate of drug-likeness (QED) is 0.752. The van der Waals surface area contributed by atoms with E-state index in [1.807, 2.05) is 0 Å². The van der Waals surface area contributed by atoms with E-state index in [-0.39, 0.29) is 6.42 Å². The van der Waals surface area contributed by atoms with Crippen molar-refractivity contribution in [3.05, 3.63) is 22.4 Å². The maximum absolute atomic E-state index is 10.7. The third-order valence-electron chi connectivity index (χ3n) is 1.65. The number of hydrogen-bond donors (Lipinski definition) is 2. The summed E-state index contributed by atoms with van der Waals surface area (Å²) in [5.41, 5.74) is 5.57. The molecule has 0 saturated carbocycles. The standard InChI is InChI=1S/C8H9NO3S/c9-7(10)3-6(8(11)12)5-1-2-13-4-5/h1-2,4,6H,3H2,(H2,9,10)(H,11,12)/t6-/m1/s1. The van der Waals surface area contributed by atoms with Crippen LogP contribution < -0.4 is 5.73 Å². The molecular weight excluding hydrogens is 190 g/mol. The van der Waals surface area contributed by atoms with Gasteiger partial charge in [0.25, 0.3) is 0 Å². The molecule has 0 radical (unpaired) electrons. The van der Waals surface area contributed by atoms with Crippen LogP contribution in [0, 0.1) is 0 Å². The Bertz CT molecular complexity index is 307. The molecule has 5 heteroatoms. The molecule has 0 aromatic carbocycles. The summed E-state index contributed by atoms with van der Waals surface area (Å²) in [6.07, 6.45) is -0.147. The number of rotatable bonds is 4. The first-order valence-electron chi connectivity index (χ1n) is 3.64. The molecule has 1 aromatic heterocycles. The number of hydrogen-bond acceptors (Lipinski definition) is 3. The summed E-state index contributed by atoms with van der Waals surface area (Å²) >= 11 is 1.40. The van der Waals surface area contributed by atoms with E-state index in [0.29, 0.717) is 5.56 Å². The summed E-state index contributed by atoms with van der Waals surface area (Å²) in [4.78, 5) is 21.3. The highest BCUT2D eigenvalue weighted by Gasteiger charge is 2.22. The van der Waals surface area contributed by atoms with Gasteiger partial charge in [-0.3, -0.25) is 9.59 Å². The molecule has 1 aromatic rings. The molecule has 0 saturated heterocycles. The van der Waals surface area contributed by atoms with Crippen LogP contribution in [0.4, 0.5) is 0 Å². The fourth-order valence-electron chi connectivity index (χ4n) is 1.02. The summed E-state index contributed by atoms with van der Waals surface area (Å²) in [5.74, 6) is -2.42. The van der Waals surface area contributed by atoms with Crippen molar-refractivity contribution in [3.63, 3.8) is 0 Å². The number of amides is 1. The Morgan fingerprint density at radius 1 is 1.62 bits per heavy atom. The minimum Gasteiger partial charge on any atom is -0.481 e. The number of carboxylic acids is 1. The van der Waals surface area contributed by atoms with Crippen molar-refractivity contribution in [2.75, 3.05) is 0 Å². The lowest BCUT2D eigenvalue weighted by atomic mass is 9.99. The van der Waals surface area contributed by atoms with Crippen LogP contribution in [0.3, 0.4) is 0 Å². The second-order valence-corrected chi connectivity index (χ2v) is 3.40. The second kappa shape index (κ2) is 4.04. The highest BCUT2D eigenvalue weighted by atomic mass is 32.1. The number of carboxylic acid groups (broad SMARTS) is 1. The van der Waals surface area contributed by atoms with Crippen molar-refractivity contribution in [2.45, 2.75) is 12.3 Å². The molecule has 13 heavy (non-hydrogen) atoms. The largest absolute Gasteiger partial charge is 0.481 e. The first kappa shape index (κ1) is 9.73. The summed E-state index contributed by atoms with van der Waals surface area (Å²) in [6, 6.07) is 1.69. The maximum atomic E-state index is 10.7. The predicted molar refractivity (Wildman–Crippen MR) is 48.5 cm³/mol. The van der Waals surface area contributed by atoms with Crippen LogP contribution in [0.1, 0.15) is 17.9 Å². The maximum Gasteiger partial charge on any atom is 0.311 e. The Labute approximate surface area is 79.0 Å². The highest BCUT2D eigenvalue weighted by Crippen LogP contribution is 2.21. The summed E-state index contributed by atoms with van der Waals surface area (Å²) in [6.45, 7) is 0. The predicted octanol–water partition coefficient (Wildman–Crippen LogP) is 0.792. The highest BCUT2D eigenvalue weighted by molar-refractivity contribution is 7.08. The van der Waals surface area contributed by atoms with Gasteiger partial charge in [-0.05, 0) is 22.4 Å². The van der Waals surface area contributed by atoms with Gasteiger partial charge in [-0.25, -0.2) is 0 Å². The molecule has 0 unspecified atom stereocenters. The zero-order chi connectivity index (χ0) is 9.84. The molecule has 0 aliphatic rings. The van der Waals surface area contributed by atoms with Gasteiger partial charge in [0.15, 0.2) is 0 Å². The summed E-state index contributed by atoms with van der Waals surface area (Å²) < 4.78 is 0. The molecule has 0 bridgehead atoms. The van der Waals surface area contributed by atoms with Crippen molar-refractivity contribution < 1.29 is 14.7 Å². The Kier molecular flexibility index (Phi) is 3.02. The topological polar surface area (TPSA) is 80.4 Å². The van der Waals surface area contributed by atoms with Crippen LogP contribution in [0.5, 0.6) is 0 Å². The van der Waals surface area contributed by atoms with Gasteiger partial charge in [0.1, 0.15) is 0 Å². The Morgan fingerprint density at radius 2 is 2.31 bits per heavy atom. The fourth-order valence-corrected chi connectivity index (χ4v) is 1.74. The van der Waals surface area contributed by atoms with E-state index >= 15 is 0 Å². The number of carbonyl (C=O) groups is 2. The van der Waals surface area contributed by atoms with Gasteiger partial charge in [0, 0.05) is 6.42 Å². The fraction of sp³-hybridized carbons (Fsp3) is 0.250. The third-order valence-corrected chi connectivity index (χ3v) is 2.35. The number of carbonyl (C=O) groups excluding carboxylic acids is 1. The summed E-state index contributed by atoms with van der Waals surface area (Å²) in [7, 11) is 0. The zero-order valence-electron chi connectivity index (χ0n) is 6.77. The van der Waals surface area contributed by atoms with E-state index in [1.165, 1.54) is 11.3 Å². The minimum atomic E-state index is -1.02. The van der Waals surface area contributed by atoms with Gasteiger partial charge >= 0.3 is 5.97 Å². The molecule has 1 heterocycles. The number of primary amides is 1. The molecule has 4 nitrogen and oxygen atoms in total. The van der Waals surface area contributed by atoms with Gasteiger partial charge in [0.05, 0.1) is 5.92 Å². The molecule has 70 valence electrons. The molecule has 0 fully saturated rings. The van der Waals surface area contributed by atoms with Crippen molar-refractivity contribution in [1.29, 1.82) is 0 Å². The lowest BCUT2D eigenvalue weighted by Gasteiger charge is -2.07. The molecule has 1 atom stereocenters. The van der Waals surface area contributed by atoms with E-state index in [2.05, 4.69) is 0 Å². The van der Waals surface area contributed by atoms with Gasteiger partial charge in [-0.15, -0.1) is 0 Å². The molecule has 1 rings (SSSR count). The van der Waals surface area contributed by atoms with E-state index in [9.17, 15) is 9.59 Å². The lowest BCUT2D eigenvalue weighted by Crippen LogP contribution is -2.20. The number of thiophene rings is 1. The van der Waals surface area contributed by atoms with Crippen LogP contribution >= 0.6 is 11.3 Å². The lowest BCUT2D eigenvalue weighted by molar-refractivity contribution is -0.140. The van der Waals surface area contributed by atoms with Gasteiger partial charge < -0.3 is 10.8 Å². The van der Waals surface area contributed by atoms with E-state index in [1.54, 1.807) is 16.8 Å². The van der Waals surface area contributed by atoms with Crippen molar-refractivity contribution >= 4 is 23.2 Å². The molecule has 0 spiro atoms. The Morgan fingerprint density at radius 3 is 2.69 bits per heavy atom. The normalized spacial score (nSPS) is 12.3. The molecular formula is C8H9NO3S. The van der Waals surface area contributed by atoms with Crippen molar-refractivity contribution in [2.24, 2.45) is 5.73 Å². The number of aliphatic carboxylic acids is 1. The van der Waals surface area contributed by atoms with Crippen molar-refractivity contribution in [1.82, 2.24) is 0 Å². The van der Waals surface area contributed by atoms with E-state index in [0.717, 1.165) is 0 Å². The monoisotopic (exact) mass is 199 g/mol. The van der Waals surface area contributed by atoms with Gasteiger partial charge in [-0.1, -0.05) is 0 Å². The van der Waals surface area contributed by atoms with Crippen LogP contribution in [0.15, 0.2) is 16.8 Å². The molecule has 0 aliphatic carbocycles. The van der Waals surface area contributed by atoms with E-state index < -0.39 is 17.8 Å². The first-order chi connectivity index (χ1) is 6.11. The Balaban J connectivity index is 2.81. The first-order valence-corrected chi connectivity index (χ1v) is 4.58. The van der Waals surface area contributed by atoms with Crippen LogP contribution in [-0.4, -0.2) is 17.0 Å². The smallest absolute Gasteiger partial charge is 0.311 e. The average molecular weight is 199 g/mol. The third kappa shape index (κ3) is 2.55. The van der Waals surface area contributed by atoms with Gasteiger partial charge in [0.2, 0.25) is 5.91 Å². The molecule has 3 N–H and O–H groups in total. The second-order valence-electron chi connectivity index (χ2n) is 2.62.